The minimum Gasteiger partial charge on any atom is -0.456 e. The lowest BCUT2D eigenvalue weighted by atomic mass is 10.2. The Kier molecular flexibility index (Phi) is 3.84. The van der Waals surface area contributed by atoms with Gasteiger partial charge in [0.1, 0.15) is 5.76 Å². The number of hydrogen-bond donors (Lipinski definition) is 1. The standard InChI is InChI=1S/C13H20N2O2/c1-10-6-7-12(17-10)13(16)15(9-8-14)11-4-2-3-5-11/h6-7,11H,2-5,8-9,14H2,1H3. The van der Waals surface area contributed by atoms with Crippen molar-refractivity contribution in [3.05, 3.63) is 23.7 Å². The second-order valence-electron chi connectivity index (χ2n) is 4.64. The smallest absolute Gasteiger partial charge is 0.289 e. The van der Waals surface area contributed by atoms with Crippen LogP contribution >= 0.6 is 0 Å². The zero-order chi connectivity index (χ0) is 12.3. The van der Waals surface area contributed by atoms with Crippen LogP contribution in [0.15, 0.2) is 16.5 Å². The number of carbonyl (C=O) groups excluding carboxylic acids is 1. The first-order valence-electron chi connectivity index (χ1n) is 6.30. The number of aryl methyl sites for hydroxylation is 1. The van der Waals surface area contributed by atoms with Crippen molar-refractivity contribution >= 4 is 5.91 Å². The third kappa shape index (κ3) is 2.69. The highest BCUT2D eigenvalue weighted by Gasteiger charge is 2.28. The number of amides is 1. The van der Waals surface area contributed by atoms with Crippen molar-refractivity contribution in [3.63, 3.8) is 0 Å². The molecule has 94 valence electrons. The molecule has 0 aliphatic heterocycles. The number of nitrogens with zero attached hydrogens (tertiary/aromatic N) is 1. The molecule has 17 heavy (non-hydrogen) atoms. The van der Waals surface area contributed by atoms with Crippen molar-refractivity contribution in [2.24, 2.45) is 5.73 Å². The minimum absolute atomic E-state index is 0.0181. The molecule has 4 heteroatoms. The van der Waals surface area contributed by atoms with Gasteiger partial charge in [0.15, 0.2) is 5.76 Å². The zero-order valence-corrected chi connectivity index (χ0v) is 10.3. The summed E-state index contributed by atoms with van der Waals surface area (Å²) in [4.78, 5) is 14.2. The second-order valence-corrected chi connectivity index (χ2v) is 4.64. The molecular formula is C13H20N2O2. The molecule has 0 unspecified atom stereocenters. The summed E-state index contributed by atoms with van der Waals surface area (Å²) in [6.45, 7) is 2.96. The van der Waals surface area contributed by atoms with Gasteiger partial charge < -0.3 is 15.1 Å². The molecule has 0 radical (unpaired) electrons. The van der Waals surface area contributed by atoms with Crippen LogP contribution in [0.4, 0.5) is 0 Å². The van der Waals surface area contributed by atoms with Gasteiger partial charge in [0.25, 0.3) is 5.91 Å². The summed E-state index contributed by atoms with van der Waals surface area (Å²) >= 11 is 0. The molecular weight excluding hydrogens is 216 g/mol. The fourth-order valence-electron chi connectivity index (χ4n) is 2.50. The summed E-state index contributed by atoms with van der Waals surface area (Å²) in [6, 6.07) is 3.91. The minimum atomic E-state index is -0.0181. The van der Waals surface area contributed by atoms with Crippen LogP contribution in [0.25, 0.3) is 0 Å². The molecule has 4 nitrogen and oxygen atoms in total. The molecule has 2 rings (SSSR count). The summed E-state index contributed by atoms with van der Waals surface area (Å²) in [5.41, 5.74) is 5.59. The van der Waals surface area contributed by atoms with E-state index >= 15 is 0 Å². The SMILES string of the molecule is Cc1ccc(C(=O)N(CCN)C2CCCC2)o1. The lowest BCUT2D eigenvalue weighted by molar-refractivity contribution is 0.0654. The molecule has 2 N–H and O–H groups in total. The fraction of sp³-hybridized carbons (Fsp3) is 0.615. The first kappa shape index (κ1) is 12.2. The van der Waals surface area contributed by atoms with Crippen LogP contribution in [-0.2, 0) is 0 Å². The molecule has 1 amide bonds. The van der Waals surface area contributed by atoms with E-state index in [0.29, 0.717) is 24.9 Å². The molecule has 0 atom stereocenters. The summed E-state index contributed by atoms with van der Waals surface area (Å²) in [5.74, 6) is 1.19. The Morgan fingerprint density at radius 3 is 2.71 bits per heavy atom. The van der Waals surface area contributed by atoms with Crippen molar-refractivity contribution in [1.82, 2.24) is 4.90 Å². The molecule has 1 fully saturated rings. The monoisotopic (exact) mass is 236 g/mol. The highest BCUT2D eigenvalue weighted by molar-refractivity contribution is 5.91. The van der Waals surface area contributed by atoms with Gasteiger partial charge in [0, 0.05) is 19.1 Å². The molecule has 1 aliphatic rings. The van der Waals surface area contributed by atoms with Gasteiger partial charge >= 0.3 is 0 Å². The van der Waals surface area contributed by atoms with Gasteiger partial charge in [-0.15, -0.1) is 0 Å². The highest BCUT2D eigenvalue weighted by atomic mass is 16.3. The number of carbonyl (C=O) groups is 1. The van der Waals surface area contributed by atoms with Crippen LogP contribution in [-0.4, -0.2) is 29.9 Å². The van der Waals surface area contributed by atoms with Gasteiger partial charge in [-0.25, -0.2) is 0 Å². The lowest BCUT2D eigenvalue weighted by Gasteiger charge is -2.27. The van der Waals surface area contributed by atoms with E-state index in [4.69, 9.17) is 10.2 Å². The molecule has 1 saturated carbocycles. The van der Waals surface area contributed by atoms with E-state index in [1.807, 2.05) is 17.9 Å². The van der Waals surface area contributed by atoms with Crippen molar-refractivity contribution in [3.8, 4) is 0 Å². The van der Waals surface area contributed by atoms with E-state index in [1.165, 1.54) is 12.8 Å². The first-order valence-corrected chi connectivity index (χ1v) is 6.30. The van der Waals surface area contributed by atoms with Crippen LogP contribution in [0, 0.1) is 6.92 Å². The summed E-state index contributed by atoms with van der Waals surface area (Å²) in [5, 5.41) is 0. The van der Waals surface area contributed by atoms with Crippen LogP contribution < -0.4 is 5.73 Å². The molecule has 0 saturated heterocycles. The van der Waals surface area contributed by atoms with Gasteiger partial charge in [-0.05, 0) is 31.9 Å². The Morgan fingerprint density at radius 1 is 1.47 bits per heavy atom. The van der Waals surface area contributed by atoms with Gasteiger partial charge in [0.05, 0.1) is 0 Å². The maximum Gasteiger partial charge on any atom is 0.289 e. The van der Waals surface area contributed by atoms with E-state index in [0.717, 1.165) is 18.6 Å². The zero-order valence-electron chi connectivity index (χ0n) is 10.3. The molecule has 1 aliphatic carbocycles. The number of nitrogens with two attached hydrogens (primary N) is 1. The lowest BCUT2D eigenvalue weighted by Crippen LogP contribution is -2.41. The van der Waals surface area contributed by atoms with Crippen LogP contribution in [0.2, 0.25) is 0 Å². The Bertz CT molecular complexity index is 381. The normalized spacial score (nSPS) is 16.4. The van der Waals surface area contributed by atoms with Gasteiger partial charge in [0.2, 0.25) is 0 Å². The molecule has 1 aromatic heterocycles. The van der Waals surface area contributed by atoms with Crippen molar-refractivity contribution in [2.45, 2.75) is 38.6 Å². The first-order chi connectivity index (χ1) is 8.22. The Morgan fingerprint density at radius 2 is 2.18 bits per heavy atom. The summed E-state index contributed by atoms with van der Waals surface area (Å²) < 4.78 is 5.40. The van der Waals surface area contributed by atoms with Crippen LogP contribution in [0.1, 0.15) is 42.0 Å². The van der Waals surface area contributed by atoms with Gasteiger partial charge in [-0.3, -0.25) is 4.79 Å². The van der Waals surface area contributed by atoms with Crippen LogP contribution in [0.3, 0.4) is 0 Å². The third-order valence-corrected chi connectivity index (χ3v) is 3.35. The van der Waals surface area contributed by atoms with Gasteiger partial charge in [-0.1, -0.05) is 12.8 Å². The molecule has 1 aromatic rings. The summed E-state index contributed by atoms with van der Waals surface area (Å²) in [7, 11) is 0. The Hall–Kier alpha value is -1.29. The summed E-state index contributed by atoms with van der Waals surface area (Å²) in [6.07, 6.45) is 4.59. The molecule has 1 heterocycles. The maximum atomic E-state index is 12.3. The van der Waals surface area contributed by atoms with E-state index < -0.39 is 0 Å². The largest absolute Gasteiger partial charge is 0.456 e. The van der Waals surface area contributed by atoms with Crippen LogP contribution in [0.5, 0.6) is 0 Å². The van der Waals surface area contributed by atoms with Crippen molar-refractivity contribution in [2.75, 3.05) is 13.1 Å². The molecule has 0 spiro atoms. The quantitative estimate of drug-likeness (QED) is 0.869. The average Bonchev–Trinajstić information content (AvgIpc) is 2.95. The van der Waals surface area contributed by atoms with E-state index in [9.17, 15) is 4.79 Å². The van der Waals surface area contributed by atoms with E-state index in [1.54, 1.807) is 6.07 Å². The van der Waals surface area contributed by atoms with E-state index in [-0.39, 0.29) is 5.91 Å². The number of hydrogen-bond acceptors (Lipinski definition) is 3. The predicted octanol–water partition coefficient (Wildman–Crippen LogP) is 1.93. The topological polar surface area (TPSA) is 59.5 Å². The highest BCUT2D eigenvalue weighted by Crippen LogP contribution is 2.25. The predicted molar refractivity (Wildman–Crippen MR) is 65.8 cm³/mol. The van der Waals surface area contributed by atoms with Crippen molar-refractivity contribution < 1.29 is 9.21 Å². The molecule has 0 bridgehead atoms. The number of furan rings is 1. The second kappa shape index (κ2) is 5.36. The van der Waals surface area contributed by atoms with Crippen molar-refractivity contribution in [1.29, 1.82) is 0 Å². The average molecular weight is 236 g/mol. The Balaban J connectivity index is 2.12. The number of rotatable bonds is 4. The third-order valence-electron chi connectivity index (χ3n) is 3.35. The molecule has 0 aromatic carbocycles. The van der Waals surface area contributed by atoms with Gasteiger partial charge in [-0.2, -0.15) is 0 Å². The maximum absolute atomic E-state index is 12.3. The van der Waals surface area contributed by atoms with E-state index in [2.05, 4.69) is 0 Å². The Labute approximate surface area is 102 Å². The fourth-order valence-corrected chi connectivity index (χ4v) is 2.50.